The molecule has 1 unspecified atom stereocenters. The molecular weight excluding hydrogens is 362 g/mol. The predicted octanol–water partition coefficient (Wildman–Crippen LogP) is 4.67. The monoisotopic (exact) mass is 385 g/mol. The first kappa shape index (κ1) is 18.9. The van der Waals surface area contributed by atoms with E-state index in [0.29, 0.717) is 11.3 Å². The number of rotatable bonds is 5. The number of carboxylic acids is 1. The summed E-state index contributed by atoms with van der Waals surface area (Å²) in [6.07, 6.45) is 6.11. The number of hydrogen-bond donors (Lipinski definition) is 1. The molecule has 5 nitrogen and oxygen atoms in total. The first-order valence-electron chi connectivity index (χ1n) is 10.0. The van der Waals surface area contributed by atoms with Gasteiger partial charge in [-0.05, 0) is 54.5 Å². The highest BCUT2D eigenvalue weighted by atomic mass is 16.4. The van der Waals surface area contributed by atoms with Gasteiger partial charge in [0.05, 0.1) is 17.3 Å². The highest BCUT2D eigenvalue weighted by Crippen LogP contribution is 2.40. The van der Waals surface area contributed by atoms with Gasteiger partial charge in [-0.1, -0.05) is 38.1 Å². The summed E-state index contributed by atoms with van der Waals surface area (Å²) in [6.45, 7) is 4.15. The molecule has 0 spiro atoms. The molecule has 1 aliphatic carbocycles. The van der Waals surface area contributed by atoms with E-state index in [-0.39, 0.29) is 6.04 Å². The maximum Gasteiger partial charge on any atom is 0.328 e. The Balaban J connectivity index is 2.10. The van der Waals surface area contributed by atoms with Crippen LogP contribution in [-0.2, 0) is 24.1 Å². The number of aliphatic carboxylic acids is 1. The molecule has 0 saturated heterocycles. The molecule has 1 N–H and O–H groups in total. The van der Waals surface area contributed by atoms with E-state index in [0.717, 1.165) is 54.1 Å². The van der Waals surface area contributed by atoms with Gasteiger partial charge in [0.15, 0.2) is 0 Å². The van der Waals surface area contributed by atoms with Crippen molar-refractivity contribution >= 4 is 23.1 Å². The minimum Gasteiger partial charge on any atom is -0.478 e. The van der Waals surface area contributed by atoms with E-state index < -0.39 is 5.97 Å². The molecule has 1 aliphatic rings. The average Bonchev–Trinajstić information content (AvgIpc) is 3.29. The largest absolute Gasteiger partial charge is 0.478 e. The third-order valence-electron chi connectivity index (χ3n) is 5.78. The summed E-state index contributed by atoms with van der Waals surface area (Å²) in [5.41, 5.74) is 6.51. The number of pyridine rings is 1. The maximum absolute atomic E-state index is 11.2. The molecule has 1 aromatic carbocycles. The first-order chi connectivity index (χ1) is 14.1. The summed E-state index contributed by atoms with van der Waals surface area (Å²) >= 11 is 0. The average molecular weight is 385 g/mol. The Hall–Kier alpha value is -3.39. The van der Waals surface area contributed by atoms with Crippen molar-refractivity contribution in [1.82, 2.24) is 9.55 Å². The lowest BCUT2D eigenvalue weighted by molar-refractivity contribution is -0.131. The summed E-state index contributed by atoms with van der Waals surface area (Å²) in [6, 6.07) is 12.8. The number of carboxylic acid groups (broad SMARTS) is 1. The van der Waals surface area contributed by atoms with Gasteiger partial charge in [0.25, 0.3) is 0 Å². The second kappa shape index (κ2) is 7.56. The highest BCUT2D eigenvalue weighted by Gasteiger charge is 2.30. The van der Waals surface area contributed by atoms with Crippen molar-refractivity contribution in [2.24, 2.45) is 0 Å². The van der Waals surface area contributed by atoms with E-state index >= 15 is 0 Å². The Morgan fingerprint density at radius 1 is 1.34 bits per heavy atom. The van der Waals surface area contributed by atoms with E-state index in [1.807, 2.05) is 12.1 Å². The highest BCUT2D eigenvalue weighted by molar-refractivity contribution is 5.94. The summed E-state index contributed by atoms with van der Waals surface area (Å²) < 4.78 is 2.09. The van der Waals surface area contributed by atoms with Crippen LogP contribution in [0.1, 0.15) is 60.0 Å². The maximum atomic E-state index is 11.2. The van der Waals surface area contributed by atoms with Crippen molar-refractivity contribution < 1.29 is 9.90 Å². The van der Waals surface area contributed by atoms with Crippen molar-refractivity contribution in [3.05, 3.63) is 70.0 Å². The molecule has 4 rings (SSSR count). The molecular formula is C24H23N3O2. The molecule has 0 fully saturated rings. The van der Waals surface area contributed by atoms with Gasteiger partial charge >= 0.3 is 5.97 Å². The van der Waals surface area contributed by atoms with Gasteiger partial charge < -0.3 is 9.67 Å². The zero-order valence-corrected chi connectivity index (χ0v) is 16.6. The topological polar surface area (TPSA) is 78.9 Å². The van der Waals surface area contributed by atoms with E-state index in [9.17, 15) is 15.2 Å². The third kappa shape index (κ3) is 3.11. The number of fused-ring (bicyclic) bond motifs is 2. The Morgan fingerprint density at radius 2 is 2.14 bits per heavy atom. The Morgan fingerprint density at radius 3 is 2.83 bits per heavy atom. The van der Waals surface area contributed by atoms with Crippen LogP contribution in [0, 0.1) is 11.3 Å². The fourth-order valence-corrected chi connectivity index (χ4v) is 4.46. The van der Waals surface area contributed by atoms with Gasteiger partial charge in [-0.25, -0.2) is 9.78 Å². The number of nitrogens with zero attached hydrogens (tertiary/aromatic N) is 3. The molecule has 146 valence electrons. The lowest BCUT2D eigenvalue weighted by atomic mass is 10.0. The number of aromatic nitrogens is 2. The molecule has 2 heterocycles. The van der Waals surface area contributed by atoms with Gasteiger partial charge in [0, 0.05) is 17.2 Å². The second-order valence-electron chi connectivity index (χ2n) is 7.35. The van der Waals surface area contributed by atoms with Crippen molar-refractivity contribution in [2.45, 2.75) is 45.6 Å². The fourth-order valence-electron chi connectivity index (χ4n) is 4.46. The van der Waals surface area contributed by atoms with Crippen LogP contribution in [0.3, 0.4) is 0 Å². The molecule has 0 bridgehead atoms. The first-order valence-corrected chi connectivity index (χ1v) is 10.0. The van der Waals surface area contributed by atoms with Crippen LogP contribution in [0.4, 0.5) is 0 Å². The van der Waals surface area contributed by atoms with E-state index in [1.165, 1.54) is 11.1 Å². The smallest absolute Gasteiger partial charge is 0.328 e. The molecule has 0 aliphatic heterocycles. The number of carbonyl (C=O) groups is 1. The van der Waals surface area contributed by atoms with Crippen LogP contribution in [0.15, 0.2) is 36.4 Å². The number of aryl methyl sites for hydroxylation is 3. The SMILES string of the molecule is CCc1cc(CC)c2c(C#N)c(/C=C/C(=O)O)n(C3CCc4ccccc43)c2n1. The quantitative estimate of drug-likeness (QED) is 0.648. The summed E-state index contributed by atoms with van der Waals surface area (Å²) in [7, 11) is 0. The molecule has 5 heteroatoms. The number of nitriles is 1. The molecule has 1 atom stereocenters. The molecule has 3 aromatic rings. The minimum atomic E-state index is -1.03. The predicted molar refractivity (Wildman–Crippen MR) is 113 cm³/mol. The van der Waals surface area contributed by atoms with Gasteiger partial charge in [-0.3, -0.25) is 0 Å². The molecule has 2 aromatic heterocycles. The van der Waals surface area contributed by atoms with Gasteiger partial charge in [-0.2, -0.15) is 5.26 Å². The van der Waals surface area contributed by atoms with Crippen LogP contribution < -0.4 is 0 Å². The summed E-state index contributed by atoms with van der Waals surface area (Å²) in [5.74, 6) is -1.03. The van der Waals surface area contributed by atoms with Gasteiger partial charge in [0.2, 0.25) is 0 Å². The zero-order chi connectivity index (χ0) is 20.5. The molecule has 0 saturated carbocycles. The van der Waals surface area contributed by atoms with E-state index in [2.05, 4.69) is 42.7 Å². The van der Waals surface area contributed by atoms with Crippen molar-refractivity contribution in [1.29, 1.82) is 5.26 Å². The Labute approximate surface area is 169 Å². The zero-order valence-electron chi connectivity index (χ0n) is 16.6. The van der Waals surface area contributed by atoms with Crippen LogP contribution in [0.25, 0.3) is 17.1 Å². The Kier molecular flexibility index (Phi) is 4.94. The third-order valence-corrected chi connectivity index (χ3v) is 5.78. The standard InChI is InChI=1S/C24H23N3O2/c1-3-15-13-17(4-2)26-24-23(15)19(14-25)21(11-12-22(28)29)27(24)20-10-9-16-7-5-6-8-18(16)20/h5-8,11-13,20H,3-4,9-10H2,1-2H3,(H,28,29)/b12-11+. The van der Waals surface area contributed by atoms with E-state index in [4.69, 9.17) is 4.98 Å². The molecule has 0 radical (unpaired) electrons. The van der Waals surface area contributed by atoms with Crippen LogP contribution >= 0.6 is 0 Å². The van der Waals surface area contributed by atoms with Gasteiger partial charge in [-0.15, -0.1) is 0 Å². The summed E-state index contributed by atoms with van der Waals surface area (Å²) in [4.78, 5) is 16.2. The lowest BCUT2D eigenvalue weighted by Gasteiger charge is -2.18. The summed E-state index contributed by atoms with van der Waals surface area (Å²) in [5, 5.41) is 20.1. The van der Waals surface area contributed by atoms with Crippen LogP contribution in [0.2, 0.25) is 0 Å². The normalized spacial score (nSPS) is 15.7. The van der Waals surface area contributed by atoms with Crippen LogP contribution in [-0.4, -0.2) is 20.6 Å². The van der Waals surface area contributed by atoms with Crippen molar-refractivity contribution in [3.8, 4) is 6.07 Å². The lowest BCUT2D eigenvalue weighted by Crippen LogP contribution is -2.11. The van der Waals surface area contributed by atoms with Crippen molar-refractivity contribution in [2.75, 3.05) is 0 Å². The fraction of sp³-hybridized carbons (Fsp3) is 0.292. The van der Waals surface area contributed by atoms with Gasteiger partial charge in [0.1, 0.15) is 11.7 Å². The molecule has 29 heavy (non-hydrogen) atoms. The van der Waals surface area contributed by atoms with E-state index in [1.54, 1.807) is 6.08 Å². The van der Waals surface area contributed by atoms with Crippen LogP contribution in [0.5, 0.6) is 0 Å². The van der Waals surface area contributed by atoms with Crippen molar-refractivity contribution in [3.63, 3.8) is 0 Å². The number of hydrogen-bond acceptors (Lipinski definition) is 3. The number of benzene rings is 1. The minimum absolute atomic E-state index is 0.0357. The molecule has 0 amide bonds. The second-order valence-corrected chi connectivity index (χ2v) is 7.35. The Bertz CT molecular complexity index is 1180.